The van der Waals surface area contributed by atoms with Gasteiger partial charge in [-0.2, -0.15) is 4.31 Å². The molecule has 0 aliphatic heterocycles. The predicted octanol–water partition coefficient (Wildman–Crippen LogP) is 2.15. The molecular weight excluding hydrogens is 286 g/mol. The third-order valence-corrected chi connectivity index (χ3v) is 6.43. The molecule has 21 heavy (non-hydrogen) atoms. The fourth-order valence-electron chi connectivity index (χ4n) is 3.25. The Balaban J connectivity index is 1.89. The lowest BCUT2D eigenvalue weighted by atomic mass is 9.64. The van der Waals surface area contributed by atoms with Crippen molar-refractivity contribution in [1.29, 1.82) is 0 Å². The van der Waals surface area contributed by atoms with Gasteiger partial charge in [-0.25, -0.2) is 8.42 Å². The molecule has 0 radical (unpaired) electrons. The summed E-state index contributed by atoms with van der Waals surface area (Å²) in [4.78, 5) is 12.5. The minimum absolute atomic E-state index is 0.00988. The second kappa shape index (κ2) is 5.07. The van der Waals surface area contributed by atoms with Gasteiger partial charge in [0.05, 0.1) is 10.9 Å². The fraction of sp³-hybridized carbons (Fsp3) is 0.438. The maximum atomic E-state index is 12.6. The van der Waals surface area contributed by atoms with Crippen molar-refractivity contribution in [1.82, 2.24) is 4.31 Å². The van der Waals surface area contributed by atoms with Gasteiger partial charge < -0.3 is 0 Å². The highest BCUT2D eigenvalue weighted by molar-refractivity contribution is 7.89. The summed E-state index contributed by atoms with van der Waals surface area (Å²) >= 11 is 0. The number of carbonyl (C=O) groups is 1. The first-order chi connectivity index (χ1) is 9.93. The van der Waals surface area contributed by atoms with E-state index in [1.165, 1.54) is 11.4 Å². The van der Waals surface area contributed by atoms with Crippen LogP contribution < -0.4 is 0 Å². The smallest absolute Gasteiger partial charge is 0.243 e. The van der Waals surface area contributed by atoms with E-state index in [1.807, 2.05) is 19.1 Å². The number of rotatable bonds is 3. The molecule has 0 heterocycles. The lowest BCUT2D eigenvalue weighted by molar-refractivity contribution is -0.140. The summed E-state index contributed by atoms with van der Waals surface area (Å²) in [7, 11) is -2.11. The van der Waals surface area contributed by atoms with Gasteiger partial charge in [0.15, 0.2) is 5.78 Å². The lowest BCUT2D eigenvalue weighted by Crippen LogP contribution is -2.60. The molecule has 4 nitrogen and oxygen atoms in total. The van der Waals surface area contributed by atoms with Crippen LogP contribution in [-0.2, 0) is 14.8 Å². The molecule has 2 aliphatic carbocycles. The summed E-state index contributed by atoms with van der Waals surface area (Å²) in [5.74, 6) is 0.106. The van der Waals surface area contributed by atoms with Gasteiger partial charge in [0, 0.05) is 18.9 Å². The Kier molecular flexibility index (Phi) is 3.50. The number of nitrogens with zero attached hydrogens (tertiary/aromatic N) is 1. The van der Waals surface area contributed by atoms with Gasteiger partial charge in [0.1, 0.15) is 0 Å². The van der Waals surface area contributed by atoms with Crippen LogP contribution in [-0.4, -0.2) is 31.6 Å². The topological polar surface area (TPSA) is 54.5 Å². The lowest BCUT2D eigenvalue weighted by Gasteiger charge is -2.46. The Hall–Kier alpha value is -1.46. The summed E-state index contributed by atoms with van der Waals surface area (Å²) < 4.78 is 26.5. The van der Waals surface area contributed by atoms with Crippen LogP contribution in [0.3, 0.4) is 0 Å². The predicted molar refractivity (Wildman–Crippen MR) is 80.3 cm³/mol. The highest BCUT2D eigenvalue weighted by atomic mass is 32.2. The highest BCUT2D eigenvalue weighted by Crippen LogP contribution is 2.42. The molecule has 1 aromatic rings. The molecule has 112 valence electrons. The molecule has 0 saturated heterocycles. The van der Waals surface area contributed by atoms with Crippen LogP contribution in [0.15, 0.2) is 41.3 Å². The first-order valence-electron chi connectivity index (χ1n) is 7.18. The Morgan fingerprint density at radius 3 is 2.52 bits per heavy atom. The SMILES string of the molecule is Cc1ccc(S(=O)(=O)N(C)[C@@H]2C(=O)[C@H]3CCC=C[C@H]32)cc1. The number of aryl methyl sites for hydroxylation is 1. The van der Waals surface area contributed by atoms with Crippen LogP contribution in [0, 0.1) is 18.8 Å². The Bertz CT molecular complexity index is 691. The van der Waals surface area contributed by atoms with Crippen molar-refractivity contribution in [3.8, 4) is 0 Å². The number of sulfonamides is 1. The number of benzene rings is 1. The van der Waals surface area contributed by atoms with Crippen molar-refractivity contribution >= 4 is 15.8 Å². The fourth-order valence-corrected chi connectivity index (χ4v) is 4.61. The molecular formula is C16H19NO3S. The highest BCUT2D eigenvalue weighted by Gasteiger charge is 2.53. The molecule has 1 aromatic carbocycles. The van der Waals surface area contributed by atoms with Gasteiger partial charge >= 0.3 is 0 Å². The molecule has 1 saturated carbocycles. The third kappa shape index (κ3) is 2.24. The average molecular weight is 305 g/mol. The summed E-state index contributed by atoms with van der Waals surface area (Å²) in [6.07, 6.45) is 5.80. The van der Waals surface area contributed by atoms with E-state index in [0.717, 1.165) is 18.4 Å². The number of ketones is 1. The van der Waals surface area contributed by atoms with Crippen LogP contribution >= 0.6 is 0 Å². The average Bonchev–Trinajstić information content (AvgIpc) is 2.47. The molecule has 0 bridgehead atoms. The molecule has 5 heteroatoms. The van der Waals surface area contributed by atoms with E-state index in [0.29, 0.717) is 0 Å². The van der Waals surface area contributed by atoms with Crippen LogP contribution in [0.2, 0.25) is 0 Å². The molecule has 2 aliphatic rings. The Morgan fingerprint density at radius 2 is 1.86 bits per heavy atom. The monoisotopic (exact) mass is 305 g/mol. The molecule has 0 amide bonds. The number of likely N-dealkylation sites (N-methyl/N-ethyl adjacent to an activating group) is 1. The van der Waals surface area contributed by atoms with Gasteiger partial charge in [0.25, 0.3) is 0 Å². The summed E-state index contributed by atoms with van der Waals surface area (Å²) in [6.45, 7) is 1.91. The van der Waals surface area contributed by atoms with Crippen molar-refractivity contribution in [2.75, 3.05) is 7.05 Å². The van der Waals surface area contributed by atoms with Gasteiger partial charge in [-0.15, -0.1) is 0 Å². The van der Waals surface area contributed by atoms with Gasteiger partial charge in [-0.1, -0.05) is 29.8 Å². The molecule has 0 spiro atoms. The second-order valence-corrected chi connectivity index (χ2v) is 7.87. The largest absolute Gasteiger partial charge is 0.298 e. The normalized spacial score (nSPS) is 28.3. The van der Waals surface area contributed by atoms with Crippen molar-refractivity contribution in [2.24, 2.45) is 11.8 Å². The van der Waals surface area contributed by atoms with E-state index in [1.54, 1.807) is 24.3 Å². The van der Waals surface area contributed by atoms with Crippen molar-refractivity contribution in [3.05, 3.63) is 42.0 Å². The summed E-state index contributed by atoms with van der Waals surface area (Å²) in [5.41, 5.74) is 1.01. The quantitative estimate of drug-likeness (QED) is 0.804. The van der Waals surface area contributed by atoms with E-state index in [-0.39, 0.29) is 22.5 Å². The maximum Gasteiger partial charge on any atom is 0.243 e. The molecule has 0 aromatic heterocycles. The summed E-state index contributed by atoms with van der Waals surface area (Å²) in [6, 6.07) is 6.19. The number of fused-ring (bicyclic) bond motifs is 1. The van der Waals surface area contributed by atoms with E-state index >= 15 is 0 Å². The van der Waals surface area contributed by atoms with Crippen LogP contribution in [0.4, 0.5) is 0 Å². The maximum absolute atomic E-state index is 12.6. The number of carbonyl (C=O) groups excluding carboxylic acids is 1. The third-order valence-electron chi connectivity index (χ3n) is 4.58. The molecule has 0 N–H and O–H groups in total. The molecule has 1 fully saturated rings. The Labute approximate surface area is 125 Å². The summed E-state index contributed by atoms with van der Waals surface area (Å²) in [5, 5.41) is 0. The number of hydrogen-bond donors (Lipinski definition) is 0. The standard InChI is InChI=1S/C16H19NO3S/c1-11-7-9-12(10-8-11)21(19,20)17(2)15-13-5-3-4-6-14(13)16(15)18/h3,5,7-10,13-15H,4,6H2,1-2H3/t13-,14+,15+/m1/s1. The first-order valence-corrected chi connectivity index (χ1v) is 8.62. The molecule has 0 unspecified atom stereocenters. The van der Waals surface area contributed by atoms with E-state index in [4.69, 9.17) is 0 Å². The molecule has 3 atom stereocenters. The van der Waals surface area contributed by atoms with Crippen molar-refractivity contribution in [2.45, 2.75) is 30.7 Å². The zero-order valence-corrected chi connectivity index (χ0v) is 13.0. The van der Waals surface area contributed by atoms with Crippen LogP contribution in [0.5, 0.6) is 0 Å². The second-order valence-electron chi connectivity index (χ2n) is 5.87. The van der Waals surface area contributed by atoms with Gasteiger partial charge in [-0.05, 0) is 31.9 Å². The number of Topliss-reactive ketones (excluding diaryl/α,β-unsaturated/α-hetero) is 1. The van der Waals surface area contributed by atoms with Crippen LogP contribution in [0.25, 0.3) is 0 Å². The van der Waals surface area contributed by atoms with E-state index in [9.17, 15) is 13.2 Å². The van der Waals surface area contributed by atoms with E-state index in [2.05, 4.69) is 0 Å². The minimum Gasteiger partial charge on any atom is -0.298 e. The van der Waals surface area contributed by atoms with Crippen molar-refractivity contribution in [3.63, 3.8) is 0 Å². The first kappa shape index (κ1) is 14.5. The van der Waals surface area contributed by atoms with E-state index < -0.39 is 16.1 Å². The zero-order valence-electron chi connectivity index (χ0n) is 12.2. The van der Waals surface area contributed by atoms with Gasteiger partial charge in [-0.3, -0.25) is 4.79 Å². The minimum atomic E-state index is -3.62. The van der Waals surface area contributed by atoms with Gasteiger partial charge in [0.2, 0.25) is 10.0 Å². The van der Waals surface area contributed by atoms with Crippen molar-refractivity contribution < 1.29 is 13.2 Å². The van der Waals surface area contributed by atoms with Crippen LogP contribution in [0.1, 0.15) is 18.4 Å². The Morgan fingerprint density at radius 1 is 1.19 bits per heavy atom. The number of hydrogen-bond acceptors (Lipinski definition) is 3. The molecule has 3 rings (SSSR count). The zero-order chi connectivity index (χ0) is 15.2. The number of allylic oxidation sites excluding steroid dienone is 1.